The second-order valence-corrected chi connectivity index (χ2v) is 6.05. The molecule has 0 radical (unpaired) electrons. The number of thiophene rings is 1. The van der Waals surface area contributed by atoms with Gasteiger partial charge in [-0.1, -0.05) is 6.42 Å². The van der Waals surface area contributed by atoms with Gasteiger partial charge in [-0.15, -0.1) is 0 Å². The second kappa shape index (κ2) is 8.47. The van der Waals surface area contributed by atoms with Crippen molar-refractivity contribution in [3.8, 4) is 11.5 Å². The quantitative estimate of drug-likeness (QED) is 0.687. The zero-order valence-electron chi connectivity index (χ0n) is 13.0. The lowest BCUT2D eigenvalue weighted by Crippen LogP contribution is -2.26. The molecule has 6 nitrogen and oxygen atoms in total. The molecule has 2 aromatic heterocycles. The number of amides is 1. The third kappa shape index (κ3) is 5.52. The minimum atomic E-state index is -0.781. The van der Waals surface area contributed by atoms with Crippen LogP contribution >= 0.6 is 11.3 Å². The summed E-state index contributed by atoms with van der Waals surface area (Å²) in [7, 11) is 0. The minimum Gasteiger partial charge on any atom is -0.481 e. The van der Waals surface area contributed by atoms with Crippen LogP contribution in [0, 0.1) is 6.92 Å². The van der Waals surface area contributed by atoms with Gasteiger partial charge in [0.2, 0.25) is 11.8 Å². The summed E-state index contributed by atoms with van der Waals surface area (Å²) >= 11 is 1.57. The molecule has 2 N–H and O–H groups in total. The average molecular weight is 336 g/mol. The van der Waals surface area contributed by atoms with E-state index < -0.39 is 5.97 Å². The average Bonchev–Trinajstić information content (AvgIpc) is 3.13. The maximum atomic E-state index is 11.9. The van der Waals surface area contributed by atoms with Crippen molar-refractivity contribution < 1.29 is 19.1 Å². The van der Waals surface area contributed by atoms with Gasteiger partial charge in [0.25, 0.3) is 0 Å². The van der Waals surface area contributed by atoms with Crippen LogP contribution in [0.25, 0.3) is 11.5 Å². The SMILES string of the molecule is Cc1oc(-c2ccsc2)nc1CC(=O)NCCCCCC(=O)O. The number of nitrogens with zero attached hydrogens (tertiary/aromatic N) is 1. The molecule has 1 amide bonds. The summed E-state index contributed by atoms with van der Waals surface area (Å²) < 4.78 is 5.60. The number of aromatic nitrogens is 1. The Kier molecular flexibility index (Phi) is 6.34. The number of oxazole rings is 1. The predicted octanol–water partition coefficient (Wildman–Crippen LogP) is 3.02. The topological polar surface area (TPSA) is 92.4 Å². The van der Waals surface area contributed by atoms with Gasteiger partial charge in [0, 0.05) is 23.9 Å². The van der Waals surface area contributed by atoms with Gasteiger partial charge in [-0.05, 0) is 31.2 Å². The molecule has 0 aliphatic rings. The lowest BCUT2D eigenvalue weighted by Gasteiger charge is -2.03. The summed E-state index contributed by atoms with van der Waals surface area (Å²) in [5.74, 6) is 0.316. The van der Waals surface area contributed by atoms with E-state index in [4.69, 9.17) is 9.52 Å². The summed E-state index contributed by atoms with van der Waals surface area (Å²) in [6.45, 7) is 2.35. The molecule has 0 saturated carbocycles. The standard InChI is InChI=1S/C16H20N2O4S/c1-11-13(18-16(22-11)12-6-8-23-10-12)9-14(19)17-7-4-2-3-5-15(20)21/h6,8,10H,2-5,7,9H2,1H3,(H,17,19)(H,20,21). The number of carbonyl (C=O) groups excluding carboxylic acids is 1. The highest BCUT2D eigenvalue weighted by atomic mass is 32.1. The van der Waals surface area contributed by atoms with E-state index in [1.165, 1.54) is 0 Å². The predicted molar refractivity (Wildman–Crippen MR) is 87.4 cm³/mol. The van der Waals surface area contributed by atoms with Crippen LogP contribution in [0.15, 0.2) is 21.2 Å². The van der Waals surface area contributed by atoms with Crippen molar-refractivity contribution in [1.29, 1.82) is 0 Å². The van der Waals surface area contributed by atoms with E-state index in [1.54, 1.807) is 18.3 Å². The number of nitrogens with one attached hydrogen (secondary N) is 1. The molecule has 0 aliphatic carbocycles. The lowest BCUT2D eigenvalue weighted by molar-refractivity contribution is -0.137. The molecule has 0 saturated heterocycles. The zero-order valence-corrected chi connectivity index (χ0v) is 13.8. The lowest BCUT2D eigenvalue weighted by atomic mass is 10.2. The van der Waals surface area contributed by atoms with Gasteiger partial charge in [0.15, 0.2) is 0 Å². The second-order valence-electron chi connectivity index (χ2n) is 5.27. The molecular formula is C16H20N2O4S. The maximum Gasteiger partial charge on any atom is 0.303 e. The fourth-order valence-electron chi connectivity index (χ4n) is 2.12. The number of hydrogen-bond acceptors (Lipinski definition) is 5. The third-order valence-electron chi connectivity index (χ3n) is 3.38. The summed E-state index contributed by atoms with van der Waals surface area (Å²) in [5.41, 5.74) is 1.57. The Hall–Kier alpha value is -2.15. The first-order valence-corrected chi connectivity index (χ1v) is 8.48. The van der Waals surface area contributed by atoms with Crippen LogP contribution in [-0.4, -0.2) is 28.5 Å². The van der Waals surface area contributed by atoms with Crippen LogP contribution in [0.2, 0.25) is 0 Å². The molecule has 124 valence electrons. The summed E-state index contributed by atoms with van der Waals surface area (Å²) in [4.78, 5) is 26.7. The monoisotopic (exact) mass is 336 g/mol. The molecule has 0 spiro atoms. The van der Waals surface area contributed by atoms with Gasteiger partial charge in [0.1, 0.15) is 5.76 Å². The minimum absolute atomic E-state index is 0.100. The summed E-state index contributed by atoms with van der Waals surface area (Å²) in [6, 6.07) is 1.93. The zero-order chi connectivity index (χ0) is 16.7. The first-order valence-electron chi connectivity index (χ1n) is 7.53. The third-order valence-corrected chi connectivity index (χ3v) is 4.06. The fraction of sp³-hybridized carbons (Fsp3) is 0.438. The van der Waals surface area contributed by atoms with Crippen LogP contribution in [0.5, 0.6) is 0 Å². The van der Waals surface area contributed by atoms with Crippen molar-refractivity contribution in [2.45, 2.75) is 39.0 Å². The Morgan fingerprint density at radius 1 is 1.35 bits per heavy atom. The van der Waals surface area contributed by atoms with E-state index in [1.807, 2.05) is 16.8 Å². The highest BCUT2D eigenvalue weighted by molar-refractivity contribution is 7.08. The van der Waals surface area contributed by atoms with E-state index in [0.29, 0.717) is 30.3 Å². The molecule has 0 aliphatic heterocycles. The van der Waals surface area contributed by atoms with Crippen molar-refractivity contribution in [1.82, 2.24) is 10.3 Å². The van der Waals surface area contributed by atoms with Gasteiger partial charge in [0.05, 0.1) is 12.1 Å². The van der Waals surface area contributed by atoms with Crippen molar-refractivity contribution in [2.24, 2.45) is 0 Å². The van der Waals surface area contributed by atoms with E-state index in [9.17, 15) is 9.59 Å². The van der Waals surface area contributed by atoms with Crippen molar-refractivity contribution >= 4 is 23.2 Å². The molecule has 23 heavy (non-hydrogen) atoms. The number of aliphatic carboxylic acids is 1. The Balaban J connectivity index is 1.74. The van der Waals surface area contributed by atoms with Crippen molar-refractivity contribution in [3.63, 3.8) is 0 Å². The smallest absolute Gasteiger partial charge is 0.303 e. The van der Waals surface area contributed by atoms with Crippen molar-refractivity contribution in [3.05, 3.63) is 28.3 Å². The maximum absolute atomic E-state index is 11.9. The molecule has 0 atom stereocenters. The van der Waals surface area contributed by atoms with Crippen LogP contribution in [0.1, 0.15) is 37.1 Å². The van der Waals surface area contributed by atoms with Gasteiger partial charge < -0.3 is 14.8 Å². The van der Waals surface area contributed by atoms with Crippen LogP contribution in [0.4, 0.5) is 0 Å². The Morgan fingerprint density at radius 3 is 2.87 bits per heavy atom. The fourth-order valence-corrected chi connectivity index (χ4v) is 2.75. The van der Waals surface area contributed by atoms with Gasteiger partial charge in [-0.2, -0.15) is 11.3 Å². The summed E-state index contributed by atoms with van der Waals surface area (Å²) in [6.07, 6.45) is 2.57. The molecular weight excluding hydrogens is 316 g/mol. The number of carboxylic acids is 1. The van der Waals surface area contributed by atoms with Gasteiger partial charge >= 0.3 is 5.97 Å². The summed E-state index contributed by atoms with van der Waals surface area (Å²) in [5, 5.41) is 15.3. The number of rotatable bonds is 9. The molecule has 0 unspecified atom stereocenters. The number of hydrogen-bond donors (Lipinski definition) is 2. The largest absolute Gasteiger partial charge is 0.481 e. The molecule has 2 heterocycles. The van der Waals surface area contributed by atoms with Crippen LogP contribution < -0.4 is 5.32 Å². The molecule has 2 rings (SSSR count). The molecule has 0 aromatic carbocycles. The Labute approximate surface area is 138 Å². The Morgan fingerprint density at radius 2 is 2.17 bits per heavy atom. The van der Waals surface area contributed by atoms with E-state index in [-0.39, 0.29) is 18.7 Å². The molecule has 0 fully saturated rings. The van der Waals surface area contributed by atoms with Crippen LogP contribution in [-0.2, 0) is 16.0 Å². The van der Waals surface area contributed by atoms with Gasteiger partial charge in [-0.25, -0.2) is 4.98 Å². The van der Waals surface area contributed by atoms with E-state index >= 15 is 0 Å². The first-order chi connectivity index (χ1) is 11.1. The Bertz CT molecular complexity index is 649. The number of aryl methyl sites for hydroxylation is 1. The highest BCUT2D eigenvalue weighted by Gasteiger charge is 2.14. The normalized spacial score (nSPS) is 10.7. The van der Waals surface area contributed by atoms with E-state index in [0.717, 1.165) is 18.4 Å². The molecule has 7 heteroatoms. The molecule has 2 aromatic rings. The first kappa shape index (κ1) is 17.2. The highest BCUT2D eigenvalue weighted by Crippen LogP contribution is 2.23. The molecule has 0 bridgehead atoms. The van der Waals surface area contributed by atoms with E-state index in [2.05, 4.69) is 10.3 Å². The number of unbranched alkanes of at least 4 members (excludes halogenated alkanes) is 2. The van der Waals surface area contributed by atoms with Gasteiger partial charge in [-0.3, -0.25) is 9.59 Å². The van der Waals surface area contributed by atoms with Crippen LogP contribution in [0.3, 0.4) is 0 Å². The number of carbonyl (C=O) groups is 2. The number of carboxylic acid groups (broad SMARTS) is 1. The van der Waals surface area contributed by atoms with Crippen molar-refractivity contribution in [2.75, 3.05) is 6.54 Å².